The molecule has 0 atom stereocenters. The summed E-state index contributed by atoms with van der Waals surface area (Å²) in [5.41, 5.74) is 14.4. The number of rotatable bonds is 6. The van der Waals surface area contributed by atoms with E-state index in [1.807, 2.05) is 24.3 Å². The Balaban J connectivity index is 1.11. The third-order valence-electron chi connectivity index (χ3n) is 10.0. The summed E-state index contributed by atoms with van der Waals surface area (Å²) in [4.78, 5) is 10.4. The summed E-state index contributed by atoms with van der Waals surface area (Å²) in [6.07, 6.45) is 0. The molecule has 0 radical (unpaired) electrons. The van der Waals surface area contributed by atoms with Gasteiger partial charge in [-0.1, -0.05) is 158 Å². The van der Waals surface area contributed by atoms with E-state index in [0.717, 1.165) is 60.8 Å². The molecule has 0 aliphatic rings. The summed E-state index contributed by atoms with van der Waals surface area (Å²) >= 11 is 0. The van der Waals surface area contributed by atoms with Crippen molar-refractivity contribution >= 4 is 32.8 Å². The molecule has 0 aliphatic carbocycles. The molecule has 53 heavy (non-hydrogen) atoms. The Hall–Kier alpha value is -7.10. The molecule has 3 heteroatoms. The SMILES string of the molecule is c1ccc(-c2cc(-c3ccccc3)cc(-c3cccc(-c4cccc(-c5nc(-c6ccccc6)c6oc7ccc8ccccc8c7c6n5)c4)c3)c2)cc1. The first-order valence-electron chi connectivity index (χ1n) is 17.9. The summed E-state index contributed by atoms with van der Waals surface area (Å²) in [7, 11) is 0. The summed E-state index contributed by atoms with van der Waals surface area (Å²) in [5, 5.41) is 3.27. The highest BCUT2D eigenvalue weighted by atomic mass is 16.3. The third kappa shape index (κ3) is 5.65. The maximum atomic E-state index is 6.53. The summed E-state index contributed by atoms with van der Waals surface area (Å²) in [5.74, 6) is 0.660. The molecule has 248 valence electrons. The van der Waals surface area contributed by atoms with Crippen molar-refractivity contribution in [1.82, 2.24) is 9.97 Å². The lowest BCUT2D eigenvalue weighted by Gasteiger charge is -2.13. The normalized spacial score (nSPS) is 11.4. The van der Waals surface area contributed by atoms with Crippen molar-refractivity contribution in [1.29, 1.82) is 0 Å². The third-order valence-corrected chi connectivity index (χ3v) is 10.0. The largest absolute Gasteiger partial charge is 0.452 e. The molecule has 8 aromatic carbocycles. The van der Waals surface area contributed by atoms with Crippen molar-refractivity contribution in [2.45, 2.75) is 0 Å². The predicted molar refractivity (Wildman–Crippen MR) is 219 cm³/mol. The first-order valence-corrected chi connectivity index (χ1v) is 17.9. The van der Waals surface area contributed by atoms with E-state index in [9.17, 15) is 0 Å². The van der Waals surface area contributed by atoms with Crippen LogP contribution in [-0.4, -0.2) is 9.97 Å². The van der Waals surface area contributed by atoms with Crippen LogP contribution in [0.15, 0.2) is 199 Å². The van der Waals surface area contributed by atoms with Gasteiger partial charge >= 0.3 is 0 Å². The van der Waals surface area contributed by atoms with Crippen LogP contribution in [0, 0.1) is 0 Å². The molecule has 10 rings (SSSR count). The Morgan fingerprint density at radius 3 is 1.45 bits per heavy atom. The van der Waals surface area contributed by atoms with Crippen LogP contribution >= 0.6 is 0 Å². The molecule has 10 aromatic rings. The number of furan rings is 1. The van der Waals surface area contributed by atoms with Gasteiger partial charge in [0.1, 0.15) is 16.8 Å². The molecule has 3 nitrogen and oxygen atoms in total. The minimum Gasteiger partial charge on any atom is -0.452 e. The first-order chi connectivity index (χ1) is 26.2. The fraction of sp³-hybridized carbons (Fsp3) is 0. The maximum Gasteiger partial charge on any atom is 0.180 e. The van der Waals surface area contributed by atoms with Crippen LogP contribution < -0.4 is 0 Å². The van der Waals surface area contributed by atoms with Gasteiger partial charge in [0.2, 0.25) is 0 Å². The van der Waals surface area contributed by atoms with Gasteiger partial charge in [0.15, 0.2) is 11.4 Å². The topological polar surface area (TPSA) is 38.9 Å². The number of hydrogen-bond acceptors (Lipinski definition) is 3. The Bertz CT molecular complexity index is 2870. The van der Waals surface area contributed by atoms with E-state index >= 15 is 0 Å². The van der Waals surface area contributed by atoms with Crippen molar-refractivity contribution in [2.24, 2.45) is 0 Å². The smallest absolute Gasteiger partial charge is 0.180 e. The number of aromatic nitrogens is 2. The van der Waals surface area contributed by atoms with Gasteiger partial charge in [0.05, 0.1) is 5.39 Å². The zero-order valence-corrected chi connectivity index (χ0v) is 28.8. The summed E-state index contributed by atoms with van der Waals surface area (Å²) < 4.78 is 6.53. The highest BCUT2D eigenvalue weighted by Gasteiger charge is 2.20. The molecular weight excluding hydrogens is 645 g/mol. The van der Waals surface area contributed by atoms with Gasteiger partial charge in [0.25, 0.3) is 0 Å². The molecule has 0 bridgehead atoms. The molecule has 0 aliphatic heterocycles. The van der Waals surface area contributed by atoms with Crippen molar-refractivity contribution in [2.75, 3.05) is 0 Å². The maximum absolute atomic E-state index is 6.53. The standard InChI is InChI=1S/C50H32N2O/c1-4-14-33(15-5-1)41-30-42(34-16-6-2-7-17-34)32-43(31-41)39-23-12-21-37(28-39)38-22-13-24-40(29-38)50-51-47(36-19-8-3-9-20-36)49-48(52-50)46-44-25-11-10-18-35(44)26-27-45(46)53-49/h1-32H. The Morgan fingerprint density at radius 2 is 0.811 bits per heavy atom. The summed E-state index contributed by atoms with van der Waals surface area (Å²) in [6, 6.07) is 68.2. The van der Waals surface area contributed by atoms with E-state index in [1.165, 1.54) is 27.8 Å². The molecule has 0 amide bonds. The number of nitrogens with zero attached hydrogens (tertiary/aromatic N) is 2. The van der Waals surface area contributed by atoms with Crippen molar-refractivity contribution in [3.8, 4) is 67.2 Å². The summed E-state index contributed by atoms with van der Waals surface area (Å²) in [6.45, 7) is 0. The van der Waals surface area contributed by atoms with E-state index in [1.54, 1.807) is 0 Å². The fourth-order valence-corrected chi connectivity index (χ4v) is 7.43. The van der Waals surface area contributed by atoms with E-state index in [4.69, 9.17) is 14.4 Å². The van der Waals surface area contributed by atoms with Gasteiger partial charge in [-0.3, -0.25) is 0 Å². The van der Waals surface area contributed by atoms with Crippen molar-refractivity contribution in [3.05, 3.63) is 194 Å². The van der Waals surface area contributed by atoms with Crippen molar-refractivity contribution in [3.63, 3.8) is 0 Å². The van der Waals surface area contributed by atoms with Gasteiger partial charge < -0.3 is 4.42 Å². The van der Waals surface area contributed by atoms with Crippen LogP contribution in [0.4, 0.5) is 0 Å². The molecule has 0 fully saturated rings. The molecule has 0 unspecified atom stereocenters. The van der Waals surface area contributed by atoms with E-state index < -0.39 is 0 Å². The second-order valence-corrected chi connectivity index (χ2v) is 13.4. The van der Waals surface area contributed by atoms with Crippen LogP contribution in [-0.2, 0) is 0 Å². The zero-order chi connectivity index (χ0) is 35.1. The highest BCUT2D eigenvalue weighted by Crippen LogP contribution is 2.40. The Morgan fingerprint density at radius 1 is 0.340 bits per heavy atom. The Labute approximate surface area is 307 Å². The highest BCUT2D eigenvalue weighted by molar-refractivity contribution is 6.19. The minimum absolute atomic E-state index is 0.660. The van der Waals surface area contributed by atoms with Crippen LogP contribution in [0.1, 0.15) is 0 Å². The molecule has 0 saturated heterocycles. The number of benzene rings is 8. The average Bonchev–Trinajstić information content (AvgIpc) is 3.63. The van der Waals surface area contributed by atoms with Crippen LogP contribution in [0.2, 0.25) is 0 Å². The molecule has 0 saturated carbocycles. The molecule has 2 heterocycles. The first kappa shape index (κ1) is 30.7. The molecule has 2 aromatic heterocycles. The second kappa shape index (κ2) is 12.9. The predicted octanol–water partition coefficient (Wildman–Crippen LogP) is 13.5. The monoisotopic (exact) mass is 676 g/mol. The quantitative estimate of drug-likeness (QED) is 0.176. The van der Waals surface area contributed by atoms with E-state index in [-0.39, 0.29) is 0 Å². The lowest BCUT2D eigenvalue weighted by atomic mass is 9.92. The molecular formula is C50H32N2O. The van der Waals surface area contributed by atoms with Gasteiger partial charge in [0, 0.05) is 11.1 Å². The molecule has 0 N–H and O–H groups in total. The average molecular weight is 677 g/mol. The van der Waals surface area contributed by atoms with Crippen LogP contribution in [0.3, 0.4) is 0 Å². The van der Waals surface area contributed by atoms with Gasteiger partial charge in [-0.25, -0.2) is 9.97 Å². The lowest BCUT2D eigenvalue weighted by Crippen LogP contribution is -1.94. The molecule has 0 spiro atoms. The van der Waals surface area contributed by atoms with Gasteiger partial charge in [-0.05, 0) is 91.7 Å². The second-order valence-electron chi connectivity index (χ2n) is 13.4. The van der Waals surface area contributed by atoms with Crippen LogP contribution in [0.25, 0.3) is 100.0 Å². The van der Waals surface area contributed by atoms with Gasteiger partial charge in [-0.2, -0.15) is 0 Å². The lowest BCUT2D eigenvalue weighted by molar-refractivity contribution is 0.667. The fourth-order valence-electron chi connectivity index (χ4n) is 7.43. The number of fused-ring (bicyclic) bond motifs is 5. The minimum atomic E-state index is 0.660. The Kier molecular flexibility index (Phi) is 7.47. The van der Waals surface area contributed by atoms with Crippen LogP contribution in [0.5, 0.6) is 0 Å². The van der Waals surface area contributed by atoms with Gasteiger partial charge in [-0.15, -0.1) is 0 Å². The van der Waals surface area contributed by atoms with E-state index in [2.05, 4.69) is 170 Å². The zero-order valence-electron chi connectivity index (χ0n) is 28.8. The van der Waals surface area contributed by atoms with Crippen molar-refractivity contribution < 1.29 is 4.42 Å². The number of hydrogen-bond donors (Lipinski definition) is 0. The van der Waals surface area contributed by atoms with E-state index in [0.29, 0.717) is 11.4 Å².